The molecule has 0 saturated carbocycles. The summed E-state index contributed by atoms with van der Waals surface area (Å²) in [4.78, 5) is 3.88. The first-order chi connectivity index (χ1) is 7.61. The van der Waals surface area contributed by atoms with E-state index in [1.165, 1.54) is 0 Å². The van der Waals surface area contributed by atoms with Crippen LogP contribution in [0.25, 0.3) is 0 Å². The summed E-state index contributed by atoms with van der Waals surface area (Å²) in [5, 5.41) is 0. The minimum Gasteiger partial charge on any atom is -0.370 e. The second-order valence-corrected chi connectivity index (χ2v) is 3.39. The third-order valence-corrected chi connectivity index (χ3v) is 2.00. The monoisotopic (exact) mass is 232 g/mol. The molecule has 0 fully saturated rings. The highest BCUT2D eigenvalue weighted by atomic mass is 16.7. The first-order valence-electron chi connectivity index (χ1n) is 5.66. The second kappa shape index (κ2) is 9.38. The Bertz CT molecular complexity index is 189. The van der Waals surface area contributed by atoms with Gasteiger partial charge in [-0.05, 0) is 26.7 Å². The molecule has 6 N–H and O–H groups in total. The Balaban J connectivity index is 3.81. The Labute approximate surface area is 97.2 Å². The van der Waals surface area contributed by atoms with Gasteiger partial charge in [0.15, 0.2) is 12.2 Å². The van der Waals surface area contributed by atoms with Gasteiger partial charge in [-0.2, -0.15) is 0 Å². The fourth-order valence-corrected chi connectivity index (χ4v) is 1.30. The average molecular weight is 232 g/mol. The van der Waals surface area contributed by atoms with Crippen LogP contribution in [-0.4, -0.2) is 38.0 Å². The normalized spacial score (nSPS) is 12.8. The molecule has 6 heteroatoms. The van der Waals surface area contributed by atoms with Crippen molar-refractivity contribution in [1.29, 1.82) is 0 Å². The van der Waals surface area contributed by atoms with Gasteiger partial charge in [-0.25, -0.2) is 0 Å². The quantitative estimate of drug-likeness (QED) is 0.220. The Morgan fingerprint density at radius 2 is 1.75 bits per heavy atom. The maximum Gasteiger partial charge on any atom is 0.185 e. The molecule has 0 bridgehead atoms. The molecule has 96 valence electrons. The zero-order valence-electron chi connectivity index (χ0n) is 10.2. The highest BCUT2D eigenvalue weighted by molar-refractivity contribution is 5.75. The van der Waals surface area contributed by atoms with E-state index in [1.807, 2.05) is 13.8 Å². The Hall–Kier alpha value is -0.850. The summed E-state index contributed by atoms with van der Waals surface area (Å²) in [7, 11) is 0. The van der Waals surface area contributed by atoms with Gasteiger partial charge >= 0.3 is 0 Å². The summed E-state index contributed by atoms with van der Waals surface area (Å²) < 4.78 is 10.8. The number of nitrogens with two attached hydrogens (primary N) is 3. The fraction of sp³-hybridized carbons (Fsp3) is 0.900. The SMILES string of the molecule is CCOC(OCC)[C@H](N)CCCN=C(N)N. The zero-order valence-corrected chi connectivity index (χ0v) is 10.2. The molecule has 0 rings (SSSR count). The van der Waals surface area contributed by atoms with E-state index < -0.39 is 0 Å². The summed E-state index contributed by atoms with van der Waals surface area (Å²) in [5.41, 5.74) is 16.4. The van der Waals surface area contributed by atoms with Crippen LogP contribution in [0.5, 0.6) is 0 Å². The number of rotatable bonds is 9. The lowest BCUT2D eigenvalue weighted by Crippen LogP contribution is -2.39. The van der Waals surface area contributed by atoms with Gasteiger partial charge < -0.3 is 26.7 Å². The highest BCUT2D eigenvalue weighted by Crippen LogP contribution is 2.06. The first-order valence-corrected chi connectivity index (χ1v) is 5.66. The van der Waals surface area contributed by atoms with Gasteiger partial charge in [-0.3, -0.25) is 4.99 Å². The van der Waals surface area contributed by atoms with Gasteiger partial charge in [-0.15, -0.1) is 0 Å². The smallest absolute Gasteiger partial charge is 0.185 e. The van der Waals surface area contributed by atoms with Crippen LogP contribution in [0.1, 0.15) is 26.7 Å². The third kappa shape index (κ3) is 7.44. The molecule has 0 aliphatic heterocycles. The van der Waals surface area contributed by atoms with Gasteiger partial charge in [-0.1, -0.05) is 0 Å². The lowest BCUT2D eigenvalue weighted by Gasteiger charge is -2.23. The van der Waals surface area contributed by atoms with Crippen molar-refractivity contribution in [2.45, 2.75) is 39.0 Å². The van der Waals surface area contributed by atoms with E-state index in [0.717, 1.165) is 12.8 Å². The predicted octanol–water partition coefficient (Wildman–Crippen LogP) is -0.234. The summed E-state index contributed by atoms with van der Waals surface area (Å²) in [6, 6.07) is -0.144. The minimum absolute atomic E-state index is 0.111. The van der Waals surface area contributed by atoms with E-state index in [2.05, 4.69) is 4.99 Å². The van der Waals surface area contributed by atoms with E-state index in [4.69, 9.17) is 26.7 Å². The third-order valence-electron chi connectivity index (χ3n) is 2.00. The van der Waals surface area contributed by atoms with E-state index >= 15 is 0 Å². The van der Waals surface area contributed by atoms with Gasteiger partial charge in [0.05, 0.1) is 6.04 Å². The summed E-state index contributed by atoms with van der Waals surface area (Å²) in [6.45, 7) is 5.59. The number of nitrogens with zero attached hydrogens (tertiary/aromatic N) is 1. The largest absolute Gasteiger partial charge is 0.370 e. The van der Waals surface area contributed by atoms with Crippen LogP contribution >= 0.6 is 0 Å². The lowest BCUT2D eigenvalue weighted by atomic mass is 10.1. The maximum atomic E-state index is 5.95. The number of hydrogen-bond donors (Lipinski definition) is 3. The summed E-state index contributed by atoms with van der Waals surface area (Å²) in [6.07, 6.45) is 1.24. The van der Waals surface area contributed by atoms with E-state index in [1.54, 1.807) is 0 Å². The van der Waals surface area contributed by atoms with Gasteiger partial charge in [0, 0.05) is 19.8 Å². The molecule has 0 amide bonds. The topological polar surface area (TPSA) is 109 Å². The number of ether oxygens (including phenoxy) is 2. The van der Waals surface area contributed by atoms with Crippen molar-refractivity contribution < 1.29 is 9.47 Å². The van der Waals surface area contributed by atoms with Gasteiger partial charge in [0.2, 0.25) is 0 Å². The fourth-order valence-electron chi connectivity index (χ4n) is 1.30. The number of guanidine groups is 1. The molecule has 1 atom stereocenters. The standard InChI is InChI=1S/C10H24N4O2/c1-3-15-9(16-4-2)8(11)6-5-7-14-10(12)13/h8-9H,3-7,11H2,1-2H3,(H4,12,13,14)/t8-/m1/s1. The van der Waals surface area contributed by atoms with Crippen molar-refractivity contribution >= 4 is 5.96 Å². The van der Waals surface area contributed by atoms with Crippen LogP contribution in [0.15, 0.2) is 4.99 Å². The lowest BCUT2D eigenvalue weighted by molar-refractivity contribution is -0.149. The number of aliphatic imine (C=N–C) groups is 1. The molecule has 0 radical (unpaired) electrons. The molecule has 0 aliphatic rings. The molecule has 16 heavy (non-hydrogen) atoms. The van der Waals surface area contributed by atoms with E-state index in [0.29, 0.717) is 19.8 Å². The van der Waals surface area contributed by atoms with Crippen molar-refractivity contribution in [3.63, 3.8) is 0 Å². The van der Waals surface area contributed by atoms with E-state index in [9.17, 15) is 0 Å². The van der Waals surface area contributed by atoms with Crippen LogP contribution in [0, 0.1) is 0 Å². The second-order valence-electron chi connectivity index (χ2n) is 3.39. The molecule has 0 unspecified atom stereocenters. The molecule has 0 spiro atoms. The molecule has 0 aromatic heterocycles. The summed E-state index contributed by atoms with van der Waals surface area (Å²) in [5.74, 6) is 0.111. The molecule has 6 nitrogen and oxygen atoms in total. The first kappa shape index (κ1) is 15.2. The molecule has 0 aromatic carbocycles. The van der Waals surface area contributed by atoms with Gasteiger partial charge in [0.1, 0.15) is 0 Å². The molecule has 0 heterocycles. The van der Waals surface area contributed by atoms with Crippen molar-refractivity contribution in [1.82, 2.24) is 0 Å². The Morgan fingerprint density at radius 1 is 1.19 bits per heavy atom. The average Bonchev–Trinajstić information content (AvgIpc) is 2.23. The predicted molar refractivity (Wildman–Crippen MR) is 64.9 cm³/mol. The van der Waals surface area contributed by atoms with Crippen LogP contribution in [0.3, 0.4) is 0 Å². The zero-order chi connectivity index (χ0) is 12.4. The maximum absolute atomic E-state index is 5.95. The Morgan fingerprint density at radius 3 is 2.19 bits per heavy atom. The van der Waals surface area contributed by atoms with Crippen LogP contribution in [0.4, 0.5) is 0 Å². The van der Waals surface area contributed by atoms with Crippen molar-refractivity contribution in [3.05, 3.63) is 0 Å². The van der Waals surface area contributed by atoms with Crippen molar-refractivity contribution in [2.24, 2.45) is 22.2 Å². The van der Waals surface area contributed by atoms with Crippen LogP contribution in [0.2, 0.25) is 0 Å². The van der Waals surface area contributed by atoms with Crippen molar-refractivity contribution in [3.8, 4) is 0 Å². The number of hydrogen-bond acceptors (Lipinski definition) is 4. The molecule has 0 aromatic rings. The molecular formula is C10H24N4O2. The van der Waals surface area contributed by atoms with Crippen LogP contribution in [-0.2, 0) is 9.47 Å². The molecule has 0 aliphatic carbocycles. The molecular weight excluding hydrogens is 208 g/mol. The van der Waals surface area contributed by atoms with Gasteiger partial charge in [0.25, 0.3) is 0 Å². The van der Waals surface area contributed by atoms with Crippen molar-refractivity contribution in [2.75, 3.05) is 19.8 Å². The highest BCUT2D eigenvalue weighted by Gasteiger charge is 2.17. The van der Waals surface area contributed by atoms with Crippen LogP contribution < -0.4 is 17.2 Å². The minimum atomic E-state index is -0.339. The molecule has 0 saturated heterocycles. The summed E-state index contributed by atoms with van der Waals surface area (Å²) >= 11 is 0. The Kier molecular flexibility index (Phi) is 8.88. The van der Waals surface area contributed by atoms with E-state index in [-0.39, 0.29) is 18.3 Å².